The van der Waals surface area contributed by atoms with Crippen molar-refractivity contribution in [2.24, 2.45) is 0 Å². The molecule has 5 nitrogen and oxygen atoms in total. The number of hydrogen-bond donors (Lipinski definition) is 2. The third kappa shape index (κ3) is 4.60. The van der Waals surface area contributed by atoms with E-state index in [1.165, 1.54) is 11.1 Å². The average Bonchev–Trinajstić information content (AvgIpc) is 2.52. The van der Waals surface area contributed by atoms with E-state index >= 15 is 0 Å². The zero-order valence-corrected chi connectivity index (χ0v) is 13.5. The number of rotatable bonds is 7. The van der Waals surface area contributed by atoms with Crippen LogP contribution in [0.15, 0.2) is 29.7 Å². The molecule has 0 aliphatic carbocycles. The van der Waals surface area contributed by atoms with Gasteiger partial charge in [0.05, 0.1) is 0 Å². The number of thioether (sulfide) groups is 1. The first kappa shape index (κ1) is 15.6. The quantitative estimate of drug-likeness (QED) is 0.604. The normalized spacial score (nSPS) is 10.4. The molecule has 0 saturated heterocycles. The molecule has 6 heteroatoms. The fourth-order valence-electron chi connectivity index (χ4n) is 1.82. The maximum atomic E-state index is 4.49. The Morgan fingerprint density at radius 3 is 2.62 bits per heavy atom. The molecule has 0 aliphatic rings. The van der Waals surface area contributed by atoms with E-state index in [-0.39, 0.29) is 0 Å². The minimum Gasteiger partial charge on any atom is -0.370 e. The summed E-state index contributed by atoms with van der Waals surface area (Å²) in [4.78, 5) is 13.1. The summed E-state index contributed by atoms with van der Waals surface area (Å²) in [7, 11) is 0. The van der Waals surface area contributed by atoms with Crippen molar-refractivity contribution in [1.29, 1.82) is 0 Å². The van der Waals surface area contributed by atoms with Crippen molar-refractivity contribution < 1.29 is 0 Å². The molecule has 0 fully saturated rings. The lowest BCUT2D eigenvalue weighted by Crippen LogP contribution is -2.07. The fourth-order valence-corrected chi connectivity index (χ4v) is 2.20. The standard InChI is InChI=1S/C15H21N5S/c1-4-6-17-13-8-14(20-15(19-13)21-3)18-10-12-9-16-7-5-11(12)2/h5,7-9H,4,6,10H2,1-3H3,(H2,17,18,19,20). The van der Waals surface area contributed by atoms with Crippen molar-refractivity contribution in [2.75, 3.05) is 23.4 Å². The number of aromatic nitrogens is 3. The molecule has 2 aromatic heterocycles. The molecule has 2 heterocycles. The highest BCUT2D eigenvalue weighted by Crippen LogP contribution is 2.18. The maximum absolute atomic E-state index is 4.49. The Kier molecular flexibility index (Phi) is 5.80. The van der Waals surface area contributed by atoms with E-state index in [1.54, 1.807) is 11.8 Å². The van der Waals surface area contributed by atoms with E-state index < -0.39 is 0 Å². The van der Waals surface area contributed by atoms with Crippen LogP contribution < -0.4 is 10.6 Å². The van der Waals surface area contributed by atoms with Crippen molar-refractivity contribution in [3.05, 3.63) is 35.7 Å². The van der Waals surface area contributed by atoms with Crippen molar-refractivity contribution in [1.82, 2.24) is 15.0 Å². The van der Waals surface area contributed by atoms with E-state index in [9.17, 15) is 0 Å². The van der Waals surface area contributed by atoms with Gasteiger partial charge in [0.1, 0.15) is 11.6 Å². The summed E-state index contributed by atoms with van der Waals surface area (Å²) < 4.78 is 0. The largest absolute Gasteiger partial charge is 0.370 e. The van der Waals surface area contributed by atoms with Crippen LogP contribution in [0.25, 0.3) is 0 Å². The first-order valence-electron chi connectivity index (χ1n) is 7.03. The van der Waals surface area contributed by atoms with Gasteiger partial charge >= 0.3 is 0 Å². The molecule has 0 aliphatic heterocycles. The molecule has 0 unspecified atom stereocenters. The van der Waals surface area contributed by atoms with Crippen LogP contribution in [-0.4, -0.2) is 27.8 Å². The van der Waals surface area contributed by atoms with Crippen LogP contribution in [0.3, 0.4) is 0 Å². The van der Waals surface area contributed by atoms with Gasteiger partial charge in [-0.2, -0.15) is 0 Å². The number of anilines is 2. The lowest BCUT2D eigenvalue weighted by atomic mass is 10.1. The first-order valence-corrected chi connectivity index (χ1v) is 8.25. The van der Waals surface area contributed by atoms with Gasteiger partial charge in [0.2, 0.25) is 0 Å². The van der Waals surface area contributed by atoms with Gasteiger partial charge in [-0.3, -0.25) is 4.98 Å². The second kappa shape index (κ2) is 7.83. The highest BCUT2D eigenvalue weighted by molar-refractivity contribution is 7.98. The van der Waals surface area contributed by atoms with Crippen LogP contribution in [0.5, 0.6) is 0 Å². The van der Waals surface area contributed by atoms with Crippen LogP contribution in [-0.2, 0) is 6.54 Å². The van der Waals surface area contributed by atoms with E-state index in [2.05, 4.69) is 39.4 Å². The number of nitrogens with zero attached hydrogens (tertiary/aromatic N) is 3. The highest BCUT2D eigenvalue weighted by Gasteiger charge is 2.04. The van der Waals surface area contributed by atoms with E-state index in [0.29, 0.717) is 6.54 Å². The predicted octanol–water partition coefficient (Wildman–Crippen LogP) is 3.34. The summed E-state index contributed by atoms with van der Waals surface area (Å²) in [5, 5.41) is 7.42. The molecular formula is C15H21N5S. The van der Waals surface area contributed by atoms with E-state index in [0.717, 1.165) is 29.8 Å². The first-order chi connectivity index (χ1) is 10.2. The minimum absolute atomic E-state index is 0.706. The Bertz CT molecular complexity index is 588. The second-order valence-corrected chi connectivity index (χ2v) is 5.48. The molecule has 112 valence electrons. The summed E-state index contributed by atoms with van der Waals surface area (Å²) >= 11 is 1.54. The minimum atomic E-state index is 0.706. The predicted molar refractivity (Wildman–Crippen MR) is 88.9 cm³/mol. The molecule has 0 spiro atoms. The molecule has 0 aromatic carbocycles. The molecule has 2 aromatic rings. The van der Waals surface area contributed by atoms with Gasteiger partial charge in [-0.1, -0.05) is 18.7 Å². The van der Waals surface area contributed by atoms with E-state index in [1.807, 2.05) is 30.8 Å². The van der Waals surface area contributed by atoms with Gasteiger partial charge in [0, 0.05) is 31.5 Å². The molecular weight excluding hydrogens is 282 g/mol. The van der Waals surface area contributed by atoms with Crippen LogP contribution in [0.1, 0.15) is 24.5 Å². The van der Waals surface area contributed by atoms with Crippen LogP contribution in [0.4, 0.5) is 11.6 Å². The van der Waals surface area contributed by atoms with Gasteiger partial charge in [-0.15, -0.1) is 0 Å². The summed E-state index contributed by atoms with van der Waals surface area (Å²) in [5.74, 6) is 1.69. The molecule has 2 rings (SSSR count). The lowest BCUT2D eigenvalue weighted by molar-refractivity contribution is 0.920. The highest BCUT2D eigenvalue weighted by atomic mass is 32.2. The van der Waals surface area contributed by atoms with Gasteiger partial charge < -0.3 is 10.6 Å². The molecule has 0 saturated carbocycles. The zero-order chi connectivity index (χ0) is 15.1. The number of pyridine rings is 1. The molecule has 0 bridgehead atoms. The Labute approximate surface area is 130 Å². The Balaban J connectivity index is 2.09. The molecule has 0 radical (unpaired) electrons. The van der Waals surface area contributed by atoms with Crippen molar-refractivity contribution in [3.63, 3.8) is 0 Å². The Hall–Kier alpha value is -1.82. The van der Waals surface area contributed by atoms with Crippen LogP contribution in [0, 0.1) is 6.92 Å². The third-order valence-corrected chi connectivity index (χ3v) is 3.60. The number of hydrogen-bond acceptors (Lipinski definition) is 6. The summed E-state index contributed by atoms with van der Waals surface area (Å²) in [5.41, 5.74) is 2.39. The van der Waals surface area contributed by atoms with Crippen LogP contribution >= 0.6 is 11.8 Å². The second-order valence-electron chi connectivity index (χ2n) is 4.71. The summed E-state index contributed by atoms with van der Waals surface area (Å²) in [6, 6.07) is 3.96. The maximum Gasteiger partial charge on any atom is 0.191 e. The summed E-state index contributed by atoms with van der Waals surface area (Å²) in [6.45, 7) is 5.83. The number of nitrogens with one attached hydrogen (secondary N) is 2. The SMILES string of the molecule is CCCNc1cc(NCc2cnccc2C)nc(SC)n1. The Morgan fingerprint density at radius 1 is 1.19 bits per heavy atom. The Morgan fingerprint density at radius 2 is 1.95 bits per heavy atom. The smallest absolute Gasteiger partial charge is 0.191 e. The zero-order valence-electron chi connectivity index (χ0n) is 12.7. The third-order valence-electron chi connectivity index (χ3n) is 3.05. The van der Waals surface area contributed by atoms with Crippen molar-refractivity contribution in [2.45, 2.75) is 32.0 Å². The van der Waals surface area contributed by atoms with Gasteiger partial charge in [-0.25, -0.2) is 9.97 Å². The molecule has 0 amide bonds. The van der Waals surface area contributed by atoms with Gasteiger partial charge in [-0.05, 0) is 36.8 Å². The summed E-state index contributed by atoms with van der Waals surface area (Å²) in [6.07, 6.45) is 6.74. The topological polar surface area (TPSA) is 62.7 Å². The van der Waals surface area contributed by atoms with E-state index in [4.69, 9.17) is 0 Å². The van der Waals surface area contributed by atoms with Gasteiger partial charge in [0.15, 0.2) is 5.16 Å². The molecule has 21 heavy (non-hydrogen) atoms. The monoisotopic (exact) mass is 303 g/mol. The molecule has 0 atom stereocenters. The van der Waals surface area contributed by atoms with Crippen molar-refractivity contribution >= 4 is 23.4 Å². The molecule has 2 N–H and O–H groups in total. The lowest BCUT2D eigenvalue weighted by Gasteiger charge is -2.11. The van der Waals surface area contributed by atoms with Crippen molar-refractivity contribution in [3.8, 4) is 0 Å². The van der Waals surface area contributed by atoms with Gasteiger partial charge in [0.25, 0.3) is 0 Å². The van der Waals surface area contributed by atoms with Crippen LogP contribution in [0.2, 0.25) is 0 Å². The number of aryl methyl sites for hydroxylation is 1. The average molecular weight is 303 g/mol. The fraction of sp³-hybridized carbons (Fsp3) is 0.400.